The first-order chi connectivity index (χ1) is 12.0. The maximum atomic E-state index is 13.0. The Labute approximate surface area is 152 Å². The molecule has 1 aliphatic rings. The average Bonchev–Trinajstić information content (AvgIpc) is 2.93. The molecule has 0 spiro atoms. The summed E-state index contributed by atoms with van der Waals surface area (Å²) in [5, 5.41) is 1.10. The number of rotatable bonds is 4. The molecule has 2 N–H and O–H groups in total. The number of aliphatic imine (C=N–C) groups is 1. The summed E-state index contributed by atoms with van der Waals surface area (Å²) in [5.41, 5.74) is 8.31. The van der Waals surface area contributed by atoms with Crippen molar-refractivity contribution in [3.05, 3.63) is 45.7 Å². The predicted molar refractivity (Wildman–Crippen MR) is 102 cm³/mol. The lowest BCUT2D eigenvalue weighted by Crippen LogP contribution is -2.51. The topological polar surface area (TPSA) is 57.8 Å². The van der Waals surface area contributed by atoms with E-state index in [0.29, 0.717) is 12.5 Å². The van der Waals surface area contributed by atoms with E-state index in [9.17, 15) is 4.39 Å². The van der Waals surface area contributed by atoms with Gasteiger partial charge >= 0.3 is 0 Å². The third-order valence-corrected chi connectivity index (χ3v) is 5.54. The van der Waals surface area contributed by atoms with Crippen LogP contribution in [0.3, 0.4) is 0 Å². The van der Waals surface area contributed by atoms with Crippen molar-refractivity contribution in [2.24, 2.45) is 10.7 Å². The molecular weight excluding hydrogens is 337 g/mol. The highest BCUT2D eigenvalue weighted by atomic mass is 32.1. The summed E-state index contributed by atoms with van der Waals surface area (Å²) in [6.07, 6.45) is 0.883. The van der Waals surface area contributed by atoms with Crippen LogP contribution in [0.2, 0.25) is 0 Å². The van der Waals surface area contributed by atoms with Gasteiger partial charge in [0.15, 0.2) is 5.96 Å². The SMILES string of the molecule is Cc1nc(C)c(CCN=C(N)N2CCN(c3ccc(F)cc3)CC2)s1. The standard InChI is InChI=1S/C18H24FN5S/c1-13-17(25-14(2)22-13)7-8-21-18(20)24-11-9-23(10-12-24)16-5-3-15(19)4-6-16/h3-6H,7-12H2,1-2H3,(H2,20,21). The van der Waals surface area contributed by atoms with Crippen LogP contribution < -0.4 is 10.6 Å². The highest BCUT2D eigenvalue weighted by molar-refractivity contribution is 7.11. The fourth-order valence-electron chi connectivity index (χ4n) is 3.02. The fraction of sp³-hybridized carbons (Fsp3) is 0.444. The molecule has 134 valence electrons. The van der Waals surface area contributed by atoms with Gasteiger partial charge in [0.05, 0.1) is 10.7 Å². The molecule has 0 bridgehead atoms. The van der Waals surface area contributed by atoms with E-state index in [0.717, 1.165) is 49.0 Å². The van der Waals surface area contributed by atoms with E-state index in [1.807, 2.05) is 26.0 Å². The summed E-state index contributed by atoms with van der Waals surface area (Å²) in [6.45, 7) is 8.12. The molecule has 0 unspecified atom stereocenters. The van der Waals surface area contributed by atoms with Crippen LogP contribution in [-0.2, 0) is 6.42 Å². The highest BCUT2D eigenvalue weighted by Crippen LogP contribution is 2.18. The van der Waals surface area contributed by atoms with Gasteiger partial charge in [0, 0.05) is 49.7 Å². The summed E-state index contributed by atoms with van der Waals surface area (Å²) in [5.74, 6) is 0.405. The van der Waals surface area contributed by atoms with Gasteiger partial charge in [-0.25, -0.2) is 9.37 Å². The Bertz CT molecular complexity index is 732. The minimum Gasteiger partial charge on any atom is -0.370 e. The molecule has 25 heavy (non-hydrogen) atoms. The van der Waals surface area contributed by atoms with Crippen molar-refractivity contribution >= 4 is 23.0 Å². The molecule has 1 aromatic heterocycles. The Morgan fingerprint density at radius 1 is 1.20 bits per heavy atom. The number of halogens is 1. The first-order valence-corrected chi connectivity index (χ1v) is 9.33. The number of benzene rings is 1. The number of nitrogens with zero attached hydrogens (tertiary/aromatic N) is 4. The lowest BCUT2D eigenvalue weighted by Gasteiger charge is -2.36. The van der Waals surface area contributed by atoms with Crippen LogP contribution in [0, 0.1) is 19.7 Å². The highest BCUT2D eigenvalue weighted by Gasteiger charge is 2.18. The van der Waals surface area contributed by atoms with E-state index in [-0.39, 0.29) is 5.82 Å². The number of aromatic nitrogens is 1. The summed E-state index contributed by atoms with van der Waals surface area (Å²) >= 11 is 1.73. The normalized spacial score (nSPS) is 15.7. The number of hydrogen-bond donors (Lipinski definition) is 1. The molecular formula is C18H24FN5S. The van der Waals surface area contributed by atoms with Crippen molar-refractivity contribution < 1.29 is 4.39 Å². The summed E-state index contributed by atoms with van der Waals surface area (Å²) in [4.78, 5) is 14.6. The van der Waals surface area contributed by atoms with Crippen LogP contribution >= 0.6 is 11.3 Å². The Balaban J connectivity index is 1.50. The van der Waals surface area contributed by atoms with Crippen molar-refractivity contribution in [2.75, 3.05) is 37.6 Å². The zero-order valence-corrected chi connectivity index (χ0v) is 15.5. The second kappa shape index (κ2) is 7.82. The molecule has 3 rings (SSSR count). The molecule has 0 saturated carbocycles. The second-order valence-electron chi connectivity index (χ2n) is 6.18. The molecule has 0 radical (unpaired) electrons. The van der Waals surface area contributed by atoms with E-state index < -0.39 is 0 Å². The molecule has 0 amide bonds. The van der Waals surface area contributed by atoms with E-state index in [2.05, 4.69) is 19.8 Å². The largest absolute Gasteiger partial charge is 0.370 e. The number of guanidine groups is 1. The zero-order chi connectivity index (χ0) is 17.8. The van der Waals surface area contributed by atoms with Gasteiger partial charge in [0.2, 0.25) is 0 Å². The number of aryl methyl sites for hydroxylation is 2. The third kappa shape index (κ3) is 4.48. The molecule has 1 aliphatic heterocycles. The van der Waals surface area contributed by atoms with Crippen LogP contribution in [0.5, 0.6) is 0 Å². The number of hydrogen-bond acceptors (Lipinski definition) is 4. The molecule has 0 atom stereocenters. The fourth-order valence-corrected chi connectivity index (χ4v) is 3.95. The maximum Gasteiger partial charge on any atom is 0.191 e. The zero-order valence-electron chi connectivity index (χ0n) is 14.7. The lowest BCUT2D eigenvalue weighted by molar-refractivity contribution is 0.381. The lowest BCUT2D eigenvalue weighted by atomic mass is 10.2. The number of nitrogens with two attached hydrogens (primary N) is 1. The summed E-state index contributed by atoms with van der Waals surface area (Å²) in [7, 11) is 0. The van der Waals surface area contributed by atoms with E-state index >= 15 is 0 Å². The van der Waals surface area contributed by atoms with Crippen molar-refractivity contribution in [3.63, 3.8) is 0 Å². The van der Waals surface area contributed by atoms with E-state index in [1.54, 1.807) is 11.3 Å². The van der Waals surface area contributed by atoms with E-state index in [1.165, 1.54) is 17.0 Å². The summed E-state index contributed by atoms with van der Waals surface area (Å²) < 4.78 is 13.0. The maximum absolute atomic E-state index is 13.0. The molecule has 0 aliphatic carbocycles. The van der Waals surface area contributed by atoms with Gasteiger partial charge in [0.25, 0.3) is 0 Å². The Morgan fingerprint density at radius 2 is 1.88 bits per heavy atom. The summed E-state index contributed by atoms with van der Waals surface area (Å²) in [6, 6.07) is 6.64. The minimum atomic E-state index is -0.204. The average molecular weight is 361 g/mol. The quantitative estimate of drug-likeness (QED) is 0.672. The first-order valence-electron chi connectivity index (χ1n) is 8.51. The number of piperazine rings is 1. The molecule has 1 saturated heterocycles. The molecule has 2 heterocycles. The minimum absolute atomic E-state index is 0.204. The van der Waals surface area contributed by atoms with Gasteiger partial charge in [-0.05, 0) is 38.1 Å². The molecule has 5 nitrogen and oxygen atoms in total. The molecule has 1 fully saturated rings. The van der Waals surface area contributed by atoms with E-state index in [4.69, 9.17) is 5.73 Å². The van der Waals surface area contributed by atoms with Crippen molar-refractivity contribution in [1.82, 2.24) is 9.88 Å². The van der Waals surface area contributed by atoms with Gasteiger partial charge < -0.3 is 15.5 Å². The van der Waals surface area contributed by atoms with Crippen LogP contribution in [0.15, 0.2) is 29.3 Å². The van der Waals surface area contributed by atoms with Crippen LogP contribution in [0.1, 0.15) is 15.6 Å². The van der Waals surface area contributed by atoms with Gasteiger partial charge in [-0.3, -0.25) is 4.99 Å². The predicted octanol–water partition coefficient (Wildman–Crippen LogP) is 2.58. The van der Waals surface area contributed by atoms with Crippen LogP contribution in [0.4, 0.5) is 10.1 Å². The van der Waals surface area contributed by atoms with Crippen LogP contribution in [0.25, 0.3) is 0 Å². The molecule has 7 heteroatoms. The third-order valence-electron chi connectivity index (χ3n) is 4.41. The Hall–Kier alpha value is -2.15. The van der Waals surface area contributed by atoms with Gasteiger partial charge in [-0.15, -0.1) is 11.3 Å². The first kappa shape index (κ1) is 17.7. The number of thiazole rings is 1. The second-order valence-corrected chi connectivity index (χ2v) is 7.47. The van der Waals surface area contributed by atoms with Crippen molar-refractivity contribution in [3.8, 4) is 0 Å². The van der Waals surface area contributed by atoms with Crippen molar-refractivity contribution in [1.29, 1.82) is 0 Å². The molecule has 1 aromatic carbocycles. The smallest absolute Gasteiger partial charge is 0.191 e. The Kier molecular flexibility index (Phi) is 5.53. The van der Waals surface area contributed by atoms with Gasteiger partial charge in [-0.2, -0.15) is 0 Å². The molecule has 2 aromatic rings. The van der Waals surface area contributed by atoms with Crippen LogP contribution in [-0.4, -0.2) is 48.6 Å². The number of anilines is 1. The Morgan fingerprint density at radius 3 is 2.48 bits per heavy atom. The van der Waals surface area contributed by atoms with Gasteiger partial charge in [0.1, 0.15) is 5.82 Å². The van der Waals surface area contributed by atoms with Gasteiger partial charge in [-0.1, -0.05) is 0 Å². The monoisotopic (exact) mass is 361 g/mol. The van der Waals surface area contributed by atoms with Crippen molar-refractivity contribution in [2.45, 2.75) is 20.3 Å².